The van der Waals surface area contributed by atoms with Crippen molar-refractivity contribution in [1.82, 2.24) is 4.98 Å². The molecule has 0 fully saturated rings. The number of anilines is 2. The van der Waals surface area contributed by atoms with Crippen molar-refractivity contribution < 1.29 is 0 Å². The van der Waals surface area contributed by atoms with Gasteiger partial charge in [-0.05, 0) is 49.1 Å². The Hall–Kier alpha value is -1.76. The van der Waals surface area contributed by atoms with Crippen molar-refractivity contribution in [2.45, 2.75) is 19.3 Å². The van der Waals surface area contributed by atoms with Gasteiger partial charge in [-0.2, -0.15) is 5.26 Å². The van der Waals surface area contributed by atoms with E-state index < -0.39 is 0 Å². The molecule has 1 heterocycles. The molecule has 1 aromatic heterocycles. The van der Waals surface area contributed by atoms with Gasteiger partial charge in [0.25, 0.3) is 0 Å². The molecule has 1 aliphatic rings. The van der Waals surface area contributed by atoms with Gasteiger partial charge >= 0.3 is 0 Å². The maximum Gasteiger partial charge on any atom is 0.148 e. The van der Waals surface area contributed by atoms with Gasteiger partial charge in [0, 0.05) is 10.7 Å². The molecule has 0 atom stereocenters. The van der Waals surface area contributed by atoms with Gasteiger partial charge in [0.2, 0.25) is 0 Å². The van der Waals surface area contributed by atoms with Crippen LogP contribution in [0.25, 0.3) is 0 Å². The lowest BCUT2D eigenvalue weighted by Crippen LogP contribution is -2.01. The Morgan fingerprint density at radius 1 is 1.20 bits per heavy atom. The van der Waals surface area contributed by atoms with E-state index in [1.807, 2.05) is 6.07 Å². The number of nitrogens with one attached hydrogen (secondary N) is 1. The number of hydrogen-bond donors (Lipinski definition) is 1. The van der Waals surface area contributed by atoms with Gasteiger partial charge < -0.3 is 5.32 Å². The molecule has 0 amide bonds. The van der Waals surface area contributed by atoms with E-state index in [2.05, 4.69) is 16.4 Å². The largest absolute Gasteiger partial charge is 0.338 e. The molecular formula is C15H11Cl2N3. The first-order chi connectivity index (χ1) is 9.67. The lowest BCUT2D eigenvalue weighted by Gasteiger charge is -2.11. The molecule has 1 aliphatic carbocycles. The van der Waals surface area contributed by atoms with E-state index in [0.717, 1.165) is 25.0 Å². The topological polar surface area (TPSA) is 48.7 Å². The average molecular weight is 304 g/mol. The van der Waals surface area contributed by atoms with E-state index in [1.54, 1.807) is 18.2 Å². The van der Waals surface area contributed by atoms with Crippen molar-refractivity contribution in [3.63, 3.8) is 0 Å². The number of aryl methyl sites for hydroxylation is 2. The second kappa shape index (κ2) is 5.32. The molecule has 20 heavy (non-hydrogen) atoms. The molecule has 0 saturated heterocycles. The monoisotopic (exact) mass is 303 g/mol. The Morgan fingerprint density at radius 2 is 2.05 bits per heavy atom. The molecule has 0 bridgehead atoms. The quantitative estimate of drug-likeness (QED) is 0.889. The average Bonchev–Trinajstić information content (AvgIpc) is 2.89. The second-order valence-corrected chi connectivity index (χ2v) is 5.55. The van der Waals surface area contributed by atoms with Gasteiger partial charge in [-0.25, -0.2) is 4.98 Å². The molecule has 0 unspecified atom stereocenters. The first kappa shape index (κ1) is 13.2. The van der Waals surface area contributed by atoms with Crippen LogP contribution in [0.1, 0.15) is 23.2 Å². The van der Waals surface area contributed by atoms with Crippen LogP contribution < -0.4 is 5.32 Å². The Bertz CT molecular complexity index is 720. The van der Waals surface area contributed by atoms with Crippen LogP contribution in [0.5, 0.6) is 0 Å². The molecule has 1 aromatic carbocycles. The zero-order chi connectivity index (χ0) is 14.1. The van der Waals surface area contributed by atoms with Crippen LogP contribution in [0.15, 0.2) is 24.3 Å². The summed E-state index contributed by atoms with van der Waals surface area (Å²) in [5.74, 6) is 0.539. The molecule has 0 saturated carbocycles. The van der Waals surface area contributed by atoms with Crippen molar-refractivity contribution in [2.24, 2.45) is 0 Å². The number of nitrogens with zero attached hydrogens (tertiary/aromatic N) is 2. The predicted octanol–water partition coefficient (Wildman–Crippen LogP) is 4.49. The molecular weight excluding hydrogens is 293 g/mol. The van der Waals surface area contributed by atoms with E-state index in [-0.39, 0.29) is 0 Å². The summed E-state index contributed by atoms with van der Waals surface area (Å²) in [5.41, 5.74) is 3.41. The van der Waals surface area contributed by atoms with Crippen LogP contribution in [0.3, 0.4) is 0 Å². The van der Waals surface area contributed by atoms with Crippen molar-refractivity contribution in [2.75, 3.05) is 5.32 Å². The van der Waals surface area contributed by atoms with Crippen LogP contribution >= 0.6 is 23.2 Å². The van der Waals surface area contributed by atoms with Gasteiger partial charge in [0.1, 0.15) is 11.9 Å². The van der Waals surface area contributed by atoms with E-state index in [0.29, 0.717) is 27.1 Å². The Labute approximate surface area is 127 Å². The van der Waals surface area contributed by atoms with Crippen LogP contribution in [-0.4, -0.2) is 4.98 Å². The third kappa shape index (κ3) is 2.45. The molecule has 0 radical (unpaired) electrons. The van der Waals surface area contributed by atoms with Crippen LogP contribution in [0.4, 0.5) is 11.5 Å². The fourth-order valence-electron chi connectivity index (χ4n) is 2.37. The smallest absolute Gasteiger partial charge is 0.148 e. The number of nitriles is 1. The molecule has 5 heteroatoms. The maximum absolute atomic E-state index is 9.26. The van der Waals surface area contributed by atoms with E-state index in [1.165, 1.54) is 5.56 Å². The fraction of sp³-hybridized carbons (Fsp3) is 0.200. The number of aromatic nitrogens is 1. The van der Waals surface area contributed by atoms with Crippen molar-refractivity contribution in [3.8, 4) is 6.07 Å². The number of benzene rings is 1. The number of halogens is 2. The maximum atomic E-state index is 9.26. The standard InChI is InChI=1S/C15H11Cl2N3/c16-11-4-5-12(17)14(7-11)20-15-10(8-18)6-9-2-1-3-13(9)19-15/h4-7H,1-3H2,(H,19,20). The van der Waals surface area contributed by atoms with Gasteiger partial charge in [0.15, 0.2) is 0 Å². The highest BCUT2D eigenvalue weighted by Crippen LogP contribution is 2.31. The summed E-state index contributed by atoms with van der Waals surface area (Å²) in [6.07, 6.45) is 3.04. The lowest BCUT2D eigenvalue weighted by atomic mass is 10.1. The van der Waals surface area contributed by atoms with Crippen molar-refractivity contribution >= 4 is 34.7 Å². The van der Waals surface area contributed by atoms with Gasteiger partial charge in [-0.15, -0.1) is 0 Å². The first-order valence-electron chi connectivity index (χ1n) is 6.32. The summed E-state index contributed by atoms with van der Waals surface area (Å²) < 4.78 is 0. The molecule has 100 valence electrons. The van der Waals surface area contributed by atoms with Crippen LogP contribution in [-0.2, 0) is 12.8 Å². The number of fused-ring (bicyclic) bond motifs is 1. The molecule has 2 aromatic rings. The van der Waals surface area contributed by atoms with Crippen LogP contribution in [0, 0.1) is 11.3 Å². The third-order valence-electron chi connectivity index (χ3n) is 3.35. The Balaban J connectivity index is 2.02. The molecule has 3 nitrogen and oxygen atoms in total. The highest BCUT2D eigenvalue weighted by Gasteiger charge is 2.17. The Kier molecular flexibility index (Phi) is 3.52. The van der Waals surface area contributed by atoms with E-state index in [4.69, 9.17) is 23.2 Å². The SMILES string of the molecule is N#Cc1cc2c(nc1Nc1cc(Cl)ccc1Cl)CCC2. The fourth-order valence-corrected chi connectivity index (χ4v) is 2.71. The summed E-state index contributed by atoms with van der Waals surface area (Å²) in [5, 5.41) is 13.5. The zero-order valence-corrected chi connectivity index (χ0v) is 12.1. The predicted molar refractivity (Wildman–Crippen MR) is 80.7 cm³/mol. The summed E-state index contributed by atoms with van der Waals surface area (Å²) in [6.45, 7) is 0. The molecule has 3 rings (SSSR count). The molecule has 0 aliphatic heterocycles. The normalized spacial score (nSPS) is 12.8. The minimum atomic E-state index is 0.529. The van der Waals surface area contributed by atoms with Gasteiger partial charge in [-0.1, -0.05) is 23.2 Å². The molecule has 0 spiro atoms. The van der Waals surface area contributed by atoms with Crippen molar-refractivity contribution in [3.05, 3.63) is 51.1 Å². The zero-order valence-electron chi connectivity index (χ0n) is 10.6. The van der Waals surface area contributed by atoms with Crippen LogP contribution in [0.2, 0.25) is 10.0 Å². The Morgan fingerprint density at radius 3 is 2.85 bits per heavy atom. The highest BCUT2D eigenvalue weighted by atomic mass is 35.5. The summed E-state index contributed by atoms with van der Waals surface area (Å²) in [7, 11) is 0. The second-order valence-electron chi connectivity index (χ2n) is 4.70. The van der Waals surface area contributed by atoms with E-state index >= 15 is 0 Å². The number of rotatable bonds is 2. The third-order valence-corrected chi connectivity index (χ3v) is 3.92. The number of pyridine rings is 1. The highest BCUT2D eigenvalue weighted by molar-refractivity contribution is 6.35. The molecule has 1 N–H and O–H groups in total. The minimum Gasteiger partial charge on any atom is -0.338 e. The minimum absolute atomic E-state index is 0.529. The summed E-state index contributed by atoms with van der Waals surface area (Å²) in [4.78, 5) is 4.55. The van der Waals surface area contributed by atoms with Gasteiger partial charge in [0.05, 0.1) is 16.3 Å². The first-order valence-corrected chi connectivity index (χ1v) is 7.08. The van der Waals surface area contributed by atoms with Crippen molar-refractivity contribution in [1.29, 1.82) is 5.26 Å². The number of hydrogen-bond acceptors (Lipinski definition) is 3. The summed E-state index contributed by atoms with van der Waals surface area (Å²) in [6, 6.07) is 9.25. The summed E-state index contributed by atoms with van der Waals surface area (Å²) >= 11 is 12.1. The van der Waals surface area contributed by atoms with E-state index in [9.17, 15) is 5.26 Å². The lowest BCUT2D eigenvalue weighted by molar-refractivity contribution is 0.900. The van der Waals surface area contributed by atoms with Gasteiger partial charge in [-0.3, -0.25) is 0 Å².